The average Bonchev–Trinajstić information content (AvgIpc) is 2.89. The summed E-state index contributed by atoms with van der Waals surface area (Å²) >= 11 is 0. The van der Waals surface area contributed by atoms with Crippen molar-refractivity contribution in [3.8, 4) is 5.75 Å². The van der Waals surface area contributed by atoms with Crippen LogP contribution in [0, 0.1) is 0 Å². The van der Waals surface area contributed by atoms with Crippen molar-refractivity contribution in [3.05, 3.63) is 30.3 Å². The lowest BCUT2D eigenvalue weighted by Gasteiger charge is -2.23. The molecule has 1 aliphatic heterocycles. The zero-order chi connectivity index (χ0) is 19.3. The minimum atomic E-state index is 0. The molecule has 0 radical (unpaired) electrons. The number of halogens is 1. The second-order valence-corrected chi connectivity index (χ2v) is 6.86. The first-order valence-electron chi connectivity index (χ1n) is 10.2. The van der Waals surface area contributed by atoms with Gasteiger partial charge in [0.1, 0.15) is 12.4 Å². The van der Waals surface area contributed by atoms with Crippen molar-refractivity contribution in [1.29, 1.82) is 0 Å². The number of amides is 1. The van der Waals surface area contributed by atoms with Crippen molar-refractivity contribution in [3.63, 3.8) is 0 Å². The van der Waals surface area contributed by atoms with Crippen LogP contribution in [0.5, 0.6) is 5.75 Å². The third-order valence-corrected chi connectivity index (χ3v) is 4.65. The van der Waals surface area contributed by atoms with Crippen molar-refractivity contribution in [2.75, 3.05) is 46.4 Å². The lowest BCUT2D eigenvalue weighted by Crippen LogP contribution is -2.41. The van der Waals surface area contributed by atoms with Gasteiger partial charge in [0.2, 0.25) is 5.91 Å². The van der Waals surface area contributed by atoms with E-state index < -0.39 is 0 Å². The minimum Gasteiger partial charge on any atom is -0.492 e. The Bertz CT molecular complexity index is 583. The van der Waals surface area contributed by atoms with Crippen molar-refractivity contribution in [2.45, 2.75) is 39.0 Å². The fourth-order valence-electron chi connectivity index (χ4n) is 3.11. The Morgan fingerprint density at radius 1 is 1.25 bits per heavy atom. The van der Waals surface area contributed by atoms with E-state index in [1.165, 1.54) is 6.42 Å². The average molecular weight is 502 g/mol. The number of aliphatic imine (C=N–C) groups is 1. The van der Waals surface area contributed by atoms with Gasteiger partial charge in [-0.05, 0) is 38.3 Å². The highest BCUT2D eigenvalue weighted by molar-refractivity contribution is 14.0. The SMILES string of the molecule is CCNC(=NCCCN1CCCCCC1=O)N(C)CCOc1ccccc1.I. The molecule has 1 saturated heterocycles. The molecule has 1 aromatic carbocycles. The van der Waals surface area contributed by atoms with E-state index in [2.05, 4.69) is 17.1 Å². The Hall–Kier alpha value is -1.51. The Labute approximate surface area is 186 Å². The molecule has 0 spiro atoms. The molecule has 7 heteroatoms. The zero-order valence-electron chi connectivity index (χ0n) is 17.2. The second-order valence-electron chi connectivity index (χ2n) is 6.86. The summed E-state index contributed by atoms with van der Waals surface area (Å²) in [6, 6.07) is 9.85. The topological polar surface area (TPSA) is 57.2 Å². The van der Waals surface area contributed by atoms with Crippen LogP contribution in [0.25, 0.3) is 0 Å². The smallest absolute Gasteiger partial charge is 0.222 e. The van der Waals surface area contributed by atoms with Crippen LogP contribution in [-0.2, 0) is 4.79 Å². The minimum absolute atomic E-state index is 0. The number of guanidine groups is 1. The zero-order valence-corrected chi connectivity index (χ0v) is 19.6. The molecule has 1 fully saturated rings. The molecule has 1 heterocycles. The molecule has 2 rings (SSSR count). The third-order valence-electron chi connectivity index (χ3n) is 4.65. The van der Waals surface area contributed by atoms with Gasteiger partial charge >= 0.3 is 0 Å². The Morgan fingerprint density at radius 2 is 2.04 bits per heavy atom. The standard InChI is InChI=1S/C21H34N4O2.HI/c1-3-22-21(24(2)17-18-27-19-11-6-4-7-12-19)23-14-10-16-25-15-9-5-8-13-20(25)26;/h4,6-7,11-12H,3,5,8-10,13-18H2,1-2H3,(H,22,23);1H. The fraction of sp³-hybridized carbons (Fsp3) is 0.619. The number of para-hydroxylation sites is 1. The molecule has 1 amide bonds. The van der Waals surface area contributed by atoms with E-state index in [4.69, 9.17) is 9.73 Å². The Balaban J connectivity index is 0.00000392. The molecule has 1 aromatic rings. The number of ether oxygens (including phenoxy) is 1. The number of nitrogens with one attached hydrogen (secondary N) is 1. The third kappa shape index (κ3) is 9.12. The molecule has 0 bridgehead atoms. The molecule has 1 aliphatic rings. The van der Waals surface area contributed by atoms with Crippen LogP contribution in [0.2, 0.25) is 0 Å². The number of carbonyl (C=O) groups excluding carboxylic acids is 1. The molecule has 6 nitrogen and oxygen atoms in total. The van der Waals surface area contributed by atoms with Crippen LogP contribution >= 0.6 is 24.0 Å². The van der Waals surface area contributed by atoms with Gasteiger partial charge in [0.15, 0.2) is 5.96 Å². The van der Waals surface area contributed by atoms with Gasteiger partial charge in [0, 0.05) is 39.6 Å². The van der Waals surface area contributed by atoms with Crippen LogP contribution in [-0.4, -0.2) is 68.0 Å². The quantitative estimate of drug-likeness (QED) is 0.244. The maximum Gasteiger partial charge on any atom is 0.222 e. The van der Waals surface area contributed by atoms with Crippen LogP contribution in [0.15, 0.2) is 35.3 Å². The second kappa shape index (κ2) is 14.5. The first kappa shape index (κ1) is 24.5. The van der Waals surface area contributed by atoms with Crippen molar-refractivity contribution in [1.82, 2.24) is 15.1 Å². The van der Waals surface area contributed by atoms with E-state index in [0.29, 0.717) is 18.9 Å². The number of hydrogen-bond donors (Lipinski definition) is 1. The van der Waals surface area contributed by atoms with Crippen molar-refractivity contribution in [2.24, 2.45) is 4.99 Å². The molecular formula is C21H35IN4O2. The highest BCUT2D eigenvalue weighted by Gasteiger charge is 2.15. The van der Waals surface area contributed by atoms with Crippen molar-refractivity contribution >= 4 is 35.8 Å². The number of hydrogen-bond acceptors (Lipinski definition) is 3. The summed E-state index contributed by atoms with van der Waals surface area (Å²) < 4.78 is 5.76. The number of rotatable bonds is 9. The molecule has 0 unspecified atom stereocenters. The monoisotopic (exact) mass is 502 g/mol. The summed E-state index contributed by atoms with van der Waals surface area (Å²) in [5.41, 5.74) is 0. The van der Waals surface area contributed by atoms with E-state index in [0.717, 1.165) is 63.7 Å². The fourth-order valence-corrected chi connectivity index (χ4v) is 3.11. The molecule has 28 heavy (non-hydrogen) atoms. The molecular weight excluding hydrogens is 467 g/mol. The summed E-state index contributed by atoms with van der Waals surface area (Å²) in [6.07, 6.45) is 4.93. The number of benzene rings is 1. The van der Waals surface area contributed by atoms with E-state index in [9.17, 15) is 4.79 Å². The van der Waals surface area contributed by atoms with Gasteiger partial charge < -0.3 is 19.9 Å². The largest absolute Gasteiger partial charge is 0.492 e. The Kier molecular flexibility index (Phi) is 12.7. The van der Waals surface area contributed by atoms with Gasteiger partial charge in [-0.3, -0.25) is 9.79 Å². The molecule has 158 valence electrons. The van der Waals surface area contributed by atoms with Crippen LogP contribution in [0.3, 0.4) is 0 Å². The summed E-state index contributed by atoms with van der Waals surface area (Å²) in [4.78, 5) is 20.8. The lowest BCUT2D eigenvalue weighted by atomic mass is 10.2. The number of likely N-dealkylation sites (N-methyl/N-ethyl adjacent to an activating group) is 1. The molecule has 0 atom stereocenters. The van der Waals surface area contributed by atoms with Gasteiger partial charge in [-0.25, -0.2) is 0 Å². The van der Waals surface area contributed by atoms with Gasteiger partial charge in [0.05, 0.1) is 6.54 Å². The number of likely N-dealkylation sites (tertiary alicyclic amines) is 1. The van der Waals surface area contributed by atoms with E-state index in [-0.39, 0.29) is 24.0 Å². The predicted octanol–water partition coefficient (Wildman–Crippen LogP) is 3.37. The molecule has 0 aromatic heterocycles. The van der Waals surface area contributed by atoms with Gasteiger partial charge in [-0.2, -0.15) is 0 Å². The van der Waals surface area contributed by atoms with Crippen LogP contribution < -0.4 is 10.1 Å². The molecule has 1 N–H and O–H groups in total. The van der Waals surface area contributed by atoms with Gasteiger partial charge in [-0.1, -0.05) is 24.6 Å². The first-order chi connectivity index (χ1) is 13.2. The van der Waals surface area contributed by atoms with Gasteiger partial charge in [-0.15, -0.1) is 24.0 Å². The van der Waals surface area contributed by atoms with Crippen molar-refractivity contribution < 1.29 is 9.53 Å². The molecule has 0 aliphatic carbocycles. The number of carbonyl (C=O) groups is 1. The lowest BCUT2D eigenvalue weighted by molar-refractivity contribution is -0.130. The normalized spacial score (nSPS) is 14.9. The number of nitrogens with zero attached hydrogens (tertiary/aromatic N) is 3. The summed E-state index contributed by atoms with van der Waals surface area (Å²) in [5, 5.41) is 3.33. The predicted molar refractivity (Wildman–Crippen MR) is 126 cm³/mol. The maximum absolute atomic E-state index is 12.0. The summed E-state index contributed by atoms with van der Waals surface area (Å²) in [5.74, 6) is 2.07. The summed E-state index contributed by atoms with van der Waals surface area (Å²) in [7, 11) is 2.02. The molecule has 0 saturated carbocycles. The highest BCUT2D eigenvalue weighted by Crippen LogP contribution is 2.11. The highest BCUT2D eigenvalue weighted by atomic mass is 127. The van der Waals surface area contributed by atoms with Crippen LogP contribution in [0.1, 0.15) is 39.0 Å². The Morgan fingerprint density at radius 3 is 2.79 bits per heavy atom. The van der Waals surface area contributed by atoms with Crippen LogP contribution in [0.4, 0.5) is 0 Å². The summed E-state index contributed by atoms with van der Waals surface area (Å²) in [6.45, 7) is 6.68. The van der Waals surface area contributed by atoms with E-state index >= 15 is 0 Å². The van der Waals surface area contributed by atoms with E-state index in [1.54, 1.807) is 0 Å². The van der Waals surface area contributed by atoms with E-state index in [1.807, 2.05) is 42.3 Å². The maximum atomic E-state index is 12.0. The first-order valence-corrected chi connectivity index (χ1v) is 10.2. The van der Waals surface area contributed by atoms with Gasteiger partial charge in [0.25, 0.3) is 0 Å².